The molecule has 0 heterocycles. The molecule has 0 saturated heterocycles. The molecule has 0 unspecified atom stereocenters. The first-order valence-electron chi connectivity index (χ1n) is 3.48. The predicted octanol–water partition coefficient (Wildman–Crippen LogP) is 1.39. The van der Waals surface area contributed by atoms with Crippen molar-refractivity contribution in [2.45, 2.75) is 31.4 Å². The number of nitrogens with two attached hydrogens (primary N) is 1. The SMILES string of the molecule is CCC(CC)(SC)C(N)=O. The maximum absolute atomic E-state index is 10.9. The number of hydrogen-bond acceptors (Lipinski definition) is 2. The molecule has 2 nitrogen and oxygen atoms in total. The minimum atomic E-state index is -0.319. The fourth-order valence-corrected chi connectivity index (χ4v) is 1.77. The van der Waals surface area contributed by atoms with Crippen molar-refractivity contribution in [3.63, 3.8) is 0 Å². The Morgan fingerprint density at radius 2 is 1.90 bits per heavy atom. The first kappa shape index (κ1) is 9.82. The highest BCUT2D eigenvalue weighted by molar-refractivity contribution is 8.00. The van der Waals surface area contributed by atoms with E-state index in [1.54, 1.807) is 11.8 Å². The molecule has 0 aliphatic rings. The highest BCUT2D eigenvalue weighted by Gasteiger charge is 2.31. The molecule has 0 rings (SSSR count). The first-order valence-corrected chi connectivity index (χ1v) is 4.70. The fourth-order valence-electron chi connectivity index (χ4n) is 0.988. The molecule has 0 radical (unpaired) electrons. The number of carbonyl (C=O) groups is 1. The van der Waals surface area contributed by atoms with Crippen LogP contribution in [0.25, 0.3) is 0 Å². The summed E-state index contributed by atoms with van der Waals surface area (Å²) in [6.45, 7) is 3.98. The molecule has 0 saturated carbocycles. The van der Waals surface area contributed by atoms with Crippen LogP contribution < -0.4 is 5.73 Å². The van der Waals surface area contributed by atoms with Crippen LogP contribution in [0.2, 0.25) is 0 Å². The normalized spacial score (nSPS) is 11.5. The van der Waals surface area contributed by atoms with Crippen LogP contribution in [0.4, 0.5) is 0 Å². The molecule has 0 bridgehead atoms. The van der Waals surface area contributed by atoms with Crippen LogP contribution in [0, 0.1) is 0 Å². The van der Waals surface area contributed by atoms with Crippen LogP contribution in [0.5, 0.6) is 0 Å². The lowest BCUT2D eigenvalue weighted by atomic mass is 10.0. The molecular weight excluding hydrogens is 146 g/mol. The summed E-state index contributed by atoms with van der Waals surface area (Å²) in [4.78, 5) is 10.9. The number of amides is 1. The van der Waals surface area contributed by atoms with E-state index < -0.39 is 0 Å². The van der Waals surface area contributed by atoms with Crippen molar-refractivity contribution in [3.05, 3.63) is 0 Å². The number of primary amides is 1. The molecule has 0 atom stereocenters. The zero-order valence-corrected chi connectivity index (χ0v) is 7.62. The molecule has 3 heteroatoms. The van der Waals surface area contributed by atoms with E-state index in [1.165, 1.54) is 0 Å². The third kappa shape index (κ3) is 1.66. The molecule has 60 valence electrons. The third-order valence-electron chi connectivity index (χ3n) is 1.98. The highest BCUT2D eigenvalue weighted by atomic mass is 32.2. The second-order valence-corrected chi connectivity index (χ2v) is 3.46. The lowest BCUT2D eigenvalue weighted by Crippen LogP contribution is -2.39. The fraction of sp³-hybridized carbons (Fsp3) is 0.857. The van der Waals surface area contributed by atoms with Gasteiger partial charge in [0.1, 0.15) is 0 Å². The quantitative estimate of drug-likeness (QED) is 0.677. The number of carbonyl (C=O) groups excluding carboxylic acids is 1. The number of thioether (sulfide) groups is 1. The van der Waals surface area contributed by atoms with Gasteiger partial charge in [-0.15, -0.1) is 11.8 Å². The smallest absolute Gasteiger partial charge is 0.233 e. The molecule has 0 aliphatic heterocycles. The van der Waals surface area contributed by atoms with Gasteiger partial charge in [-0.25, -0.2) is 0 Å². The van der Waals surface area contributed by atoms with E-state index in [4.69, 9.17) is 5.73 Å². The van der Waals surface area contributed by atoms with Gasteiger partial charge in [-0.3, -0.25) is 4.79 Å². The highest BCUT2D eigenvalue weighted by Crippen LogP contribution is 2.29. The lowest BCUT2D eigenvalue weighted by Gasteiger charge is -2.24. The molecule has 0 aromatic rings. The van der Waals surface area contributed by atoms with Gasteiger partial charge < -0.3 is 5.73 Å². The van der Waals surface area contributed by atoms with E-state index in [9.17, 15) is 4.79 Å². The summed E-state index contributed by atoms with van der Waals surface area (Å²) >= 11 is 1.55. The zero-order valence-electron chi connectivity index (χ0n) is 6.81. The van der Waals surface area contributed by atoms with Crippen molar-refractivity contribution >= 4 is 17.7 Å². The molecule has 1 amide bonds. The van der Waals surface area contributed by atoms with Crippen molar-refractivity contribution in [1.82, 2.24) is 0 Å². The predicted molar refractivity (Wildman–Crippen MR) is 46.0 cm³/mol. The Kier molecular flexibility index (Phi) is 3.79. The lowest BCUT2D eigenvalue weighted by molar-refractivity contribution is -0.120. The van der Waals surface area contributed by atoms with Crippen molar-refractivity contribution in [2.75, 3.05) is 6.26 Å². The van der Waals surface area contributed by atoms with Crippen LogP contribution in [0.3, 0.4) is 0 Å². The Morgan fingerprint density at radius 3 is 1.90 bits per heavy atom. The molecule has 0 aliphatic carbocycles. The summed E-state index contributed by atoms with van der Waals surface area (Å²) in [5, 5.41) is 0. The van der Waals surface area contributed by atoms with Crippen LogP contribution >= 0.6 is 11.8 Å². The van der Waals surface area contributed by atoms with E-state index in [1.807, 2.05) is 20.1 Å². The summed E-state index contributed by atoms with van der Waals surface area (Å²) in [7, 11) is 0. The summed E-state index contributed by atoms with van der Waals surface area (Å²) in [5.74, 6) is -0.190. The molecule has 2 N–H and O–H groups in total. The Morgan fingerprint density at radius 1 is 1.50 bits per heavy atom. The average Bonchev–Trinajstić information content (AvgIpc) is 1.92. The maximum atomic E-state index is 10.9. The summed E-state index contributed by atoms with van der Waals surface area (Å²) in [6.07, 6.45) is 3.57. The van der Waals surface area contributed by atoms with Crippen LogP contribution in [-0.4, -0.2) is 16.9 Å². The molecule has 10 heavy (non-hydrogen) atoms. The summed E-state index contributed by atoms with van der Waals surface area (Å²) in [6, 6.07) is 0. The van der Waals surface area contributed by atoms with E-state index in [0.29, 0.717) is 0 Å². The maximum Gasteiger partial charge on any atom is 0.233 e. The van der Waals surface area contributed by atoms with Crippen molar-refractivity contribution in [1.29, 1.82) is 0 Å². The van der Waals surface area contributed by atoms with E-state index in [2.05, 4.69) is 0 Å². The van der Waals surface area contributed by atoms with Gasteiger partial charge in [-0.2, -0.15) is 0 Å². The second-order valence-electron chi connectivity index (χ2n) is 2.27. The van der Waals surface area contributed by atoms with Gasteiger partial charge in [0.15, 0.2) is 0 Å². The van der Waals surface area contributed by atoms with E-state index in [-0.39, 0.29) is 10.7 Å². The van der Waals surface area contributed by atoms with E-state index in [0.717, 1.165) is 12.8 Å². The van der Waals surface area contributed by atoms with Crippen molar-refractivity contribution in [2.24, 2.45) is 5.73 Å². The van der Waals surface area contributed by atoms with Gasteiger partial charge in [0.25, 0.3) is 0 Å². The molecular formula is C7H15NOS. The standard InChI is InChI=1S/C7H15NOS/c1-4-7(5-2,10-3)6(8)9/h4-5H2,1-3H3,(H2,8,9). The Bertz CT molecular complexity index is 113. The summed E-state index contributed by atoms with van der Waals surface area (Å²) in [5.41, 5.74) is 5.24. The van der Waals surface area contributed by atoms with Gasteiger partial charge in [0.05, 0.1) is 4.75 Å². The van der Waals surface area contributed by atoms with Gasteiger partial charge in [-0.1, -0.05) is 13.8 Å². The number of hydrogen-bond donors (Lipinski definition) is 1. The van der Waals surface area contributed by atoms with Crippen LogP contribution in [0.15, 0.2) is 0 Å². The Balaban J connectivity index is 4.31. The zero-order chi connectivity index (χ0) is 8.20. The molecule has 0 fully saturated rings. The van der Waals surface area contributed by atoms with Crippen LogP contribution in [-0.2, 0) is 4.79 Å². The Hall–Kier alpha value is -0.180. The third-order valence-corrected chi connectivity index (χ3v) is 3.54. The molecule has 0 aromatic carbocycles. The van der Waals surface area contributed by atoms with Crippen LogP contribution in [0.1, 0.15) is 26.7 Å². The Labute approximate surface area is 66.6 Å². The summed E-state index contributed by atoms with van der Waals surface area (Å²) < 4.78 is -0.319. The topological polar surface area (TPSA) is 43.1 Å². The molecule has 0 aromatic heterocycles. The second kappa shape index (κ2) is 3.86. The van der Waals surface area contributed by atoms with Gasteiger partial charge in [-0.05, 0) is 19.1 Å². The number of rotatable bonds is 4. The van der Waals surface area contributed by atoms with E-state index >= 15 is 0 Å². The largest absolute Gasteiger partial charge is 0.368 e. The molecule has 0 spiro atoms. The monoisotopic (exact) mass is 161 g/mol. The van der Waals surface area contributed by atoms with Gasteiger partial charge >= 0.3 is 0 Å². The minimum Gasteiger partial charge on any atom is -0.368 e. The van der Waals surface area contributed by atoms with Crippen molar-refractivity contribution in [3.8, 4) is 0 Å². The van der Waals surface area contributed by atoms with Gasteiger partial charge in [0.2, 0.25) is 5.91 Å². The van der Waals surface area contributed by atoms with Crippen molar-refractivity contribution < 1.29 is 4.79 Å². The minimum absolute atomic E-state index is 0.190. The first-order chi connectivity index (χ1) is 4.63. The average molecular weight is 161 g/mol. The van der Waals surface area contributed by atoms with Gasteiger partial charge in [0, 0.05) is 0 Å².